The normalized spacial score (nSPS) is 9.95. The lowest BCUT2D eigenvalue weighted by Gasteiger charge is -2.23. The quantitative estimate of drug-likeness (QED) is 0.842. The lowest BCUT2D eigenvalue weighted by Crippen LogP contribution is -2.22. The molecule has 4 heteroatoms. The molecule has 0 amide bonds. The maximum atomic E-state index is 13.5. The summed E-state index contributed by atoms with van der Waals surface area (Å²) < 4.78 is 13.5. The van der Waals surface area contributed by atoms with Gasteiger partial charge in [0, 0.05) is 18.4 Å². The molecule has 0 N–H and O–H groups in total. The number of halogens is 1. The van der Waals surface area contributed by atoms with Crippen molar-refractivity contribution in [1.29, 1.82) is 5.26 Å². The van der Waals surface area contributed by atoms with Crippen molar-refractivity contribution < 1.29 is 4.39 Å². The van der Waals surface area contributed by atoms with Gasteiger partial charge in [0.05, 0.1) is 23.9 Å². The Hall–Kier alpha value is -2.41. The molecule has 19 heavy (non-hydrogen) atoms. The molecule has 0 bridgehead atoms. The van der Waals surface area contributed by atoms with Crippen molar-refractivity contribution in [2.75, 3.05) is 11.4 Å². The van der Waals surface area contributed by atoms with E-state index in [2.05, 4.69) is 4.98 Å². The molecule has 0 atom stereocenters. The average molecular weight is 255 g/mol. The highest BCUT2D eigenvalue weighted by molar-refractivity contribution is 5.52. The van der Waals surface area contributed by atoms with E-state index in [1.54, 1.807) is 12.3 Å². The summed E-state index contributed by atoms with van der Waals surface area (Å²) >= 11 is 0. The van der Waals surface area contributed by atoms with Crippen molar-refractivity contribution in [3.63, 3.8) is 0 Å². The monoisotopic (exact) mass is 255 g/mol. The second kappa shape index (κ2) is 5.96. The van der Waals surface area contributed by atoms with Gasteiger partial charge in [-0.25, -0.2) is 4.39 Å². The number of benzene rings is 1. The smallest absolute Gasteiger partial charge is 0.126 e. The number of rotatable bonds is 4. The summed E-state index contributed by atoms with van der Waals surface area (Å²) in [6.07, 6.45) is 1.73. The summed E-state index contributed by atoms with van der Waals surface area (Å²) in [7, 11) is 0. The Bertz CT molecular complexity index is 590. The van der Waals surface area contributed by atoms with E-state index < -0.39 is 5.82 Å². The topological polar surface area (TPSA) is 39.9 Å². The predicted octanol–water partition coefficient (Wildman–Crippen LogP) is 3.12. The van der Waals surface area contributed by atoms with E-state index in [-0.39, 0.29) is 0 Å². The van der Waals surface area contributed by atoms with Gasteiger partial charge < -0.3 is 4.90 Å². The minimum Gasteiger partial charge on any atom is -0.366 e. The first-order valence-corrected chi connectivity index (χ1v) is 6.08. The van der Waals surface area contributed by atoms with Crippen molar-refractivity contribution in [1.82, 2.24) is 4.98 Å². The van der Waals surface area contributed by atoms with Crippen LogP contribution in [0.25, 0.3) is 0 Å². The van der Waals surface area contributed by atoms with E-state index in [1.807, 2.05) is 36.1 Å². The molecule has 0 fully saturated rings. The summed E-state index contributed by atoms with van der Waals surface area (Å²) in [4.78, 5) is 6.24. The molecule has 0 saturated carbocycles. The molecule has 1 heterocycles. The fourth-order valence-corrected chi connectivity index (χ4v) is 1.89. The fourth-order valence-electron chi connectivity index (χ4n) is 1.89. The van der Waals surface area contributed by atoms with Crippen molar-refractivity contribution in [3.05, 3.63) is 59.7 Å². The standard InChI is InChI=1S/C15H14FN3/c1-2-19(11-14-5-3-4-6-18-14)15-8-12(10-17)7-13(16)9-15/h3-9H,2,11H2,1H3. The molecule has 0 radical (unpaired) electrons. The number of aromatic nitrogens is 1. The van der Waals surface area contributed by atoms with Crippen LogP contribution in [0.5, 0.6) is 0 Å². The molecular weight excluding hydrogens is 241 g/mol. The molecule has 0 aliphatic heterocycles. The number of anilines is 1. The predicted molar refractivity (Wildman–Crippen MR) is 72.1 cm³/mol. The van der Waals surface area contributed by atoms with Gasteiger partial charge in [0.15, 0.2) is 0 Å². The van der Waals surface area contributed by atoms with Crippen LogP contribution < -0.4 is 4.90 Å². The highest BCUT2D eigenvalue weighted by atomic mass is 19.1. The number of nitriles is 1. The van der Waals surface area contributed by atoms with E-state index >= 15 is 0 Å². The summed E-state index contributed by atoms with van der Waals surface area (Å²) in [5.74, 6) is -0.395. The largest absolute Gasteiger partial charge is 0.366 e. The van der Waals surface area contributed by atoms with Crippen LogP contribution in [0.1, 0.15) is 18.2 Å². The molecule has 1 aromatic carbocycles. The van der Waals surface area contributed by atoms with Crippen molar-refractivity contribution in [3.8, 4) is 6.07 Å². The van der Waals surface area contributed by atoms with E-state index in [0.717, 1.165) is 5.69 Å². The Labute approximate surface area is 111 Å². The Morgan fingerprint density at radius 2 is 2.16 bits per heavy atom. The van der Waals surface area contributed by atoms with Crippen LogP contribution in [0.2, 0.25) is 0 Å². The second-order valence-corrected chi connectivity index (χ2v) is 4.15. The summed E-state index contributed by atoms with van der Waals surface area (Å²) in [5, 5.41) is 8.88. The van der Waals surface area contributed by atoms with Gasteiger partial charge in [-0.05, 0) is 37.3 Å². The number of hydrogen-bond acceptors (Lipinski definition) is 3. The second-order valence-electron chi connectivity index (χ2n) is 4.15. The summed E-state index contributed by atoms with van der Waals surface area (Å²) in [6.45, 7) is 3.29. The molecule has 1 aromatic heterocycles. The van der Waals surface area contributed by atoms with E-state index in [4.69, 9.17) is 5.26 Å². The van der Waals surface area contributed by atoms with Crippen LogP contribution in [0, 0.1) is 17.1 Å². The maximum Gasteiger partial charge on any atom is 0.126 e. The number of pyridine rings is 1. The van der Waals surface area contributed by atoms with Gasteiger partial charge in [-0.2, -0.15) is 5.26 Å². The van der Waals surface area contributed by atoms with E-state index in [0.29, 0.717) is 24.3 Å². The minimum atomic E-state index is -0.395. The molecule has 0 unspecified atom stereocenters. The highest BCUT2D eigenvalue weighted by Gasteiger charge is 2.09. The number of nitrogens with zero attached hydrogens (tertiary/aromatic N) is 3. The summed E-state index contributed by atoms with van der Waals surface area (Å²) in [6, 6.07) is 12.0. The molecule has 0 saturated heterocycles. The third-order valence-electron chi connectivity index (χ3n) is 2.84. The van der Waals surface area contributed by atoms with Gasteiger partial charge in [0.25, 0.3) is 0 Å². The zero-order valence-corrected chi connectivity index (χ0v) is 10.7. The van der Waals surface area contributed by atoms with Crippen LogP contribution in [0.15, 0.2) is 42.6 Å². The van der Waals surface area contributed by atoms with E-state index in [9.17, 15) is 4.39 Å². The van der Waals surface area contributed by atoms with Gasteiger partial charge >= 0.3 is 0 Å². The molecule has 2 aromatic rings. The van der Waals surface area contributed by atoms with Gasteiger partial charge in [-0.3, -0.25) is 4.98 Å². The van der Waals surface area contributed by atoms with Crippen LogP contribution in [0.3, 0.4) is 0 Å². The van der Waals surface area contributed by atoms with Gasteiger partial charge in [-0.1, -0.05) is 6.07 Å². The molecule has 3 nitrogen and oxygen atoms in total. The van der Waals surface area contributed by atoms with Crippen molar-refractivity contribution in [2.24, 2.45) is 0 Å². The van der Waals surface area contributed by atoms with Crippen LogP contribution in [-0.4, -0.2) is 11.5 Å². The first-order valence-electron chi connectivity index (χ1n) is 6.08. The molecule has 0 spiro atoms. The number of hydrogen-bond donors (Lipinski definition) is 0. The molecule has 2 rings (SSSR count). The van der Waals surface area contributed by atoms with Gasteiger partial charge in [0.1, 0.15) is 5.82 Å². The molecule has 0 aliphatic carbocycles. The average Bonchev–Trinajstić information content (AvgIpc) is 2.45. The van der Waals surface area contributed by atoms with Gasteiger partial charge in [-0.15, -0.1) is 0 Å². The first-order chi connectivity index (χ1) is 9.22. The SMILES string of the molecule is CCN(Cc1ccccn1)c1cc(F)cc(C#N)c1. The van der Waals surface area contributed by atoms with E-state index in [1.165, 1.54) is 12.1 Å². The lowest BCUT2D eigenvalue weighted by atomic mass is 10.2. The van der Waals surface area contributed by atoms with Crippen LogP contribution in [-0.2, 0) is 6.54 Å². The maximum absolute atomic E-state index is 13.5. The minimum absolute atomic E-state index is 0.328. The molecule has 0 aliphatic rings. The third kappa shape index (κ3) is 3.29. The Balaban J connectivity index is 2.27. The zero-order valence-electron chi connectivity index (χ0n) is 10.7. The lowest BCUT2D eigenvalue weighted by molar-refractivity contribution is 0.626. The summed E-state index contributed by atoms with van der Waals surface area (Å²) in [5.41, 5.74) is 1.94. The van der Waals surface area contributed by atoms with Crippen molar-refractivity contribution in [2.45, 2.75) is 13.5 Å². The molecular formula is C15H14FN3. The van der Waals surface area contributed by atoms with Crippen LogP contribution >= 0.6 is 0 Å². The fraction of sp³-hybridized carbons (Fsp3) is 0.200. The van der Waals surface area contributed by atoms with Gasteiger partial charge in [0.2, 0.25) is 0 Å². The zero-order chi connectivity index (χ0) is 13.7. The van der Waals surface area contributed by atoms with Crippen molar-refractivity contribution >= 4 is 5.69 Å². The first kappa shape index (κ1) is 13.0. The Kier molecular flexibility index (Phi) is 4.09. The Morgan fingerprint density at radius 3 is 2.79 bits per heavy atom. The Morgan fingerprint density at radius 1 is 1.32 bits per heavy atom. The highest BCUT2D eigenvalue weighted by Crippen LogP contribution is 2.20. The van der Waals surface area contributed by atoms with Crippen LogP contribution in [0.4, 0.5) is 10.1 Å². The third-order valence-corrected chi connectivity index (χ3v) is 2.84. The molecule has 96 valence electrons.